The van der Waals surface area contributed by atoms with E-state index in [4.69, 9.17) is 0 Å². The molecule has 8 heavy (non-hydrogen) atoms. The minimum atomic E-state index is -6.07. The molecule has 0 radical (unpaired) electrons. The molecule has 0 aromatic carbocycles. The summed E-state index contributed by atoms with van der Waals surface area (Å²) in [4.78, 5) is 0. The largest absolute Gasteiger partial charge is 0.479 e. The molecule has 0 aromatic heterocycles. The maximum absolute atomic E-state index is 10.8. The van der Waals surface area contributed by atoms with Crippen LogP contribution in [0.25, 0.3) is 0 Å². The molecule has 0 fully saturated rings. The van der Waals surface area contributed by atoms with Crippen LogP contribution in [0.4, 0.5) is 21.0 Å². The third kappa shape index (κ3) is 6.31. The molecular weight excluding hydrogens is 171 g/mol. The van der Waals surface area contributed by atoms with E-state index in [0.29, 0.717) is 0 Å². The summed E-state index contributed by atoms with van der Waals surface area (Å²) in [7, 11) is -10.2. The number of hydrogen-bond donors (Lipinski definition) is 0. The van der Waals surface area contributed by atoms with Gasteiger partial charge in [0.15, 0.2) is 0 Å². The molecule has 1 nitrogen and oxygen atoms in total. The van der Waals surface area contributed by atoms with Crippen LogP contribution in [-0.4, -0.2) is 0 Å². The Morgan fingerprint density at radius 2 is 1.50 bits per heavy atom. The van der Waals surface area contributed by atoms with Gasteiger partial charge in [0.1, 0.15) is 0 Å². The van der Waals surface area contributed by atoms with E-state index in [0.717, 1.165) is 0 Å². The Labute approximate surface area is 43.4 Å². The van der Waals surface area contributed by atoms with E-state index in [1.165, 1.54) is 4.52 Å². The van der Waals surface area contributed by atoms with Gasteiger partial charge < -0.3 is 0 Å². The summed E-state index contributed by atoms with van der Waals surface area (Å²) in [5.41, 5.74) is 0. The molecular formula is F5NP2. The van der Waals surface area contributed by atoms with Crippen molar-refractivity contribution in [2.75, 3.05) is 0 Å². The van der Waals surface area contributed by atoms with Crippen LogP contribution in [0.3, 0.4) is 0 Å². The molecule has 0 spiro atoms. The molecule has 0 aliphatic heterocycles. The molecule has 0 rings (SSSR count). The van der Waals surface area contributed by atoms with Gasteiger partial charge in [-0.05, 0) is 0 Å². The van der Waals surface area contributed by atoms with Crippen LogP contribution in [0.2, 0.25) is 0 Å². The van der Waals surface area contributed by atoms with Crippen LogP contribution in [0.15, 0.2) is 4.52 Å². The Bertz CT molecular complexity index is 103. The summed E-state index contributed by atoms with van der Waals surface area (Å²) in [5, 5.41) is 0. The van der Waals surface area contributed by atoms with Gasteiger partial charge in [0.25, 0.3) is 0 Å². The standard InChI is InChI=1S/F5NP2/c1-7(2)6-8(3,4)5. The van der Waals surface area contributed by atoms with Gasteiger partial charge >= 0.3 is 16.7 Å². The maximum atomic E-state index is 10.8. The second-order valence-corrected chi connectivity index (χ2v) is 2.71. The fraction of sp³-hybridized carbons (Fsp3) is 0. The summed E-state index contributed by atoms with van der Waals surface area (Å²) >= 11 is 0. The Morgan fingerprint density at radius 3 is 1.50 bits per heavy atom. The zero-order valence-corrected chi connectivity index (χ0v) is 5.02. The van der Waals surface area contributed by atoms with Gasteiger partial charge in [-0.2, -0.15) is 8.39 Å². The highest BCUT2D eigenvalue weighted by atomic mass is 31.3. The smallest absolute Gasteiger partial charge is 0.160 e. The van der Waals surface area contributed by atoms with Crippen molar-refractivity contribution in [1.82, 2.24) is 0 Å². The minimum absolute atomic E-state index is 1.25. The van der Waals surface area contributed by atoms with Gasteiger partial charge in [-0.1, -0.05) is 0 Å². The number of nitrogens with zero attached hydrogens (tertiary/aromatic N) is 1. The summed E-state index contributed by atoms with van der Waals surface area (Å²) in [6.45, 7) is 0. The summed E-state index contributed by atoms with van der Waals surface area (Å²) in [6.07, 6.45) is 0. The van der Waals surface area contributed by atoms with Crippen molar-refractivity contribution in [3.8, 4) is 0 Å². The van der Waals surface area contributed by atoms with Crippen LogP contribution in [0.1, 0.15) is 0 Å². The van der Waals surface area contributed by atoms with E-state index >= 15 is 0 Å². The Morgan fingerprint density at radius 1 is 1.12 bits per heavy atom. The summed E-state index contributed by atoms with van der Waals surface area (Å²) in [5.74, 6) is 0. The average Bonchev–Trinajstić information content (AvgIpc) is 1.21. The molecule has 0 aromatic rings. The summed E-state index contributed by atoms with van der Waals surface area (Å²) in [6, 6.07) is 0. The van der Waals surface area contributed by atoms with Crippen LogP contribution in [0.5, 0.6) is 0 Å². The van der Waals surface area contributed by atoms with Crippen LogP contribution in [0, 0.1) is 0 Å². The highest BCUT2D eigenvalue weighted by Crippen LogP contribution is 2.62. The Kier molecular flexibility index (Phi) is 2.84. The molecule has 0 saturated carbocycles. The van der Waals surface area contributed by atoms with Gasteiger partial charge in [-0.25, -0.2) is 0 Å². The van der Waals surface area contributed by atoms with Crippen molar-refractivity contribution in [2.24, 2.45) is 4.52 Å². The van der Waals surface area contributed by atoms with E-state index in [2.05, 4.69) is 0 Å². The molecule has 0 saturated heterocycles. The Balaban J connectivity index is 3.95. The first-order valence-corrected chi connectivity index (χ1v) is 3.74. The summed E-state index contributed by atoms with van der Waals surface area (Å²) < 4.78 is 55.1. The predicted octanol–water partition coefficient (Wildman–Crippen LogP) is 4.01. The minimum Gasteiger partial charge on any atom is -0.160 e. The Hall–Kier alpha value is 0.310. The topological polar surface area (TPSA) is 12.4 Å². The fourth-order valence-electron chi connectivity index (χ4n) is 0.0767. The van der Waals surface area contributed by atoms with E-state index in [1.807, 2.05) is 0 Å². The molecule has 0 N–H and O–H groups in total. The first kappa shape index (κ1) is 8.31. The highest BCUT2D eigenvalue weighted by molar-refractivity contribution is 7.59. The van der Waals surface area contributed by atoms with Gasteiger partial charge in [-0.3, -0.25) is 0 Å². The quantitative estimate of drug-likeness (QED) is 0.417. The van der Waals surface area contributed by atoms with Crippen molar-refractivity contribution < 1.29 is 21.0 Å². The molecule has 0 unspecified atom stereocenters. The lowest BCUT2D eigenvalue weighted by Gasteiger charge is -1.87. The molecule has 0 amide bonds. The molecule has 0 aliphatic carbocycles. The maximum Gasteiger partial charge on any atom is 0.479 e. The first-order valence-electron chi connectivity index (χ1n) is 1.25. The second kappa shape index (κ2) is 2.74. The van der Waals surface area contributed by atoms with Crippen molar-refractivity contribution >= 4 is 16.7 Å². The third-order valence-corrected chi connectivity index (χ3v) is 1.52. The second-order valence-electron chi connectivity index (χ2n) is 0.723. The molecule has 0 atom stereocenters. The monoisotopic (exact) mass is 171 g/mol. The van der Waals surface area contributed by atoms with E-state index < -0.39 is 16.7 Å². The molecule has 0 aliphatic rings. The SMILES string of the molecule is FP(F)N=P(F)(F)F. The van der Waals surface area contributed by atoms with Crippen molar-refractivity contribution in [1.29, 1.82) is 0 Å². The molecule has 8 heteroatoms. The third-order valence-electron chi connectivity index (χ3n) is 0.169. The zero-order valence-electron chi connectivity index (χ0n) is 3.23. The zero-order chi connectivity index (χ0) is 6.78. The fourth-order valence-corrected chi connectivity index (χ4v) is 0.690. The van der Waals surface area contributed by atoms with Gasteiger partial charge in [0.05, 0.1) is 0 Å². The van der Waals surface area contributed by atoms with Crippen LogP contribution >= 0.6 is 16.7 Å². The first-order chi connectivity index (χ1) is 3.42. The van der Waals surface area contributed by atoms with E-state index in [9.17, 15) is 21.0 Å². The van der Waals surface area contributed by atoms with Gasteiger partial charge in [0, 0.05) is 0 Å². The lowest BCUT2D eigenvalue weighted by molar-refractivity contribution is 0.607. The number of halogens is 5. The van der Waals surface area contributed by atoms with Gasteiger partial charge in [-0.15, -0.1) is 17.1 Å². The van der Waals surface area contributed by atoms with Crippen molar-refractivity contribution in [3.05, 3.63) is 0 Å². The van der Waals surface area contributed by atoms with Crippen molar-refractivity contribution in [2.45, 2.75) is 0 Å². The average molecular weight is 171 g/mol. The number of rotatable bonds is 1. The highest BCUT2D eigenvalue weighted by Gasteiger charge is 2.18. The van der Waals surface area contributed by atoms with Crippen LogP contribution < -0.4 is 0 Å². The lowest BCUT2D eigenvalue weighted by Crippen LogP contribution is -1.42. The normalized spacial score (nSPS) is 12.2. The molecule has 0 heterocycles. The van der Waals surface area contributed by atoms with Gasteiger partial charge in [0.2, 0.25) is 0 Å². The lowest BCUT2D eigenvalue weighted by atomic mass is 13.9. The molecule has 0 bridgehead atoms. The van der Waals surface area contributed by atoms with E-state index in [1.54, 1.807) is 0 Å². The molecule has 50 valence electrons. The van der Waals surface area contributed by atoms with Crippen molar-refractivity contribution in [3.63, 3.8) is 0 Å². The van der Waals surface area contributed by atoms with E-state index in [-0.39, 0.29) is 0 Å². The predicted molar refractivity (Wildman–Crippen MR) is 21.8 cm³/mol. The van der Waals surface area contributed by atoms with Crippen LogP contribution in [-0.2, 0) is 0 Å². The number of hydrogen-bond acceptors (Lipinski definition) is 1.